The Morgan fingerprint density at radius 3 is 2.42 bits per heavy atom. The maximum Gasteiger partial charge on any atom is 0.573 e. The summed E-state index contributed by atoms with van der Waals surface area (Å²) in [5.74, 6) is 2.63. The van der Waals surface area contributed by atoms with Crippen LogP contribution >= 0.6 is 0 Å². The molecule has 48 heavy (non-hydrogen) atoms. The van der Waals surface area contributed by atoms with Crippen LogP contribution in [0.1, 0.15) is 96.1 Å². The van der Waals surface area contributed by atoms with Crippen LogP contribution in [0.5, 0.6) is 5.75 Å². The molecule has 7 rings (SSSR count). The van der Waals surface area contributed by atoms with E-state index in [4.69, 9.17) is 4.74 Å². The maximum atomic E-state index is 12.9. The molecule has 0 radical (unpaired) electrons. The number of nitriles is 1. The number of nitrogens with one attached hydrogen (secondary N) is 3. The fourth-order valence-corrected chi connectivity index (χ4v) is 9.11. The zero-order chi connectivity index (χ0) is 34.1. The number of nitrogens with zero attached hydrogens (tertiary/aromatic N) is 3. The average molecular weight is 669 g/mol. The summed E-state index contributed by atoms with van der Waals surface area (Å²) in [6.45, 7) is 6.48. The molecular weight excluding hydrogens is 621 g/mol. The first kappa shape index (κ1) is 34.3. The lowest BCUT2D eigenvalue weighted by Crippen LogP contribution is -2.61. The lowest BCUT2D eigenvalue weighted by Gasteiger charge is -2.61. The van der Waals surface area contributed by atoms with E-state index in [0.717, 1.165) is 38.5 Å². The van der Waals surface area contributed by atoms with Crippen molar-refractivity contribution in [2.24, 2.45) is 29.1 Å². The van der Waals surface area contributed by atoms with Gasteiger partial charge in [0.05, 0.1) is 6.20 Å². The molecule has 5 atom stereocenters. The van der Waals surface area contributed by atoms with E-state index in [1.165, 1.54) is 37.6 Å². The van der Waals surface area contributed by atoms with Gasteiger partial charge >= 0.3 is 12.3 Å². The van der Waals surface area contributed by atoms with Gasteiger partial charge in [-0.1, -0.05) is 18.2 Å². The minimum atomic E-state index is -4.80. The van der Waals surface area contributed by atoms with Crippen molar-refractivity contribution in [3.05, 3.63) is 41.6 Å². The number of para-hydroxylation sites is 1. The molecule has 5 aliphatic rings. The molecule has 1 heterocycles. The number of hydrogen-bond donors (Lipinski definition) is 3. The number of carbonyl (C=O) groups is 1. The van der Waals surface area contributed by atoms with Crippen LogP contribution in [-0.4, -0.2) is 46.5 Å². The molecule has 5 saturated carbocycles. The number of esters is 1. The Hall–Kier alpha value is -3.59. The van der Waals surface area contributed by atoms with Gasteiger partial charge in [0.1, 0.15) is 28.8 Å². The highest BCUT2D eigenvalue weighted by atomic mass is 19.4. The van der Waals surface area contributed by atoms with E-state index in [2.05, 4.69) is 36.7 Å². The third-order valence-corrected chi connectivity index (χ3v) is 10.7. The zero-order valence-corrected chi connectivity index (χ0v) is 28.0. The van der Waals surface area contributed by atoms with Crippen LogP contribution in [0.3, 0.4) is 0 Å². The van der Waals surface area contributed by atoms with Crippen molar-refractivity contribution in [2.45, 2.75) is 116 Å². The standard InChI is InChI=1S/C36H47F3N6O3/c1-34(2,3)48-30(46)14-22-8-10-28(11-9-22)44-31-25-12-23-13-26(31)17-35(15-23,16-25)21-43-32-27(18-40)20-42-33(45-32)41-19-24-6-4-5-7-29(24)47-36(37,38)39/h4-7,20,22-23,25-26,28,31,44H,8-17,19,21H2,1-3H3,(H2,41,42,43,45)/t22?,23?,25-,26+,28?,31?,35?. The minimum Gasteiger partial charge on any atom is -0.460 e. The third kappa shape index (κ3) is 8.52. The Kier molecular flexibility index (Phi) is 9.81. The minimum absolute atomic E-state index is 0.0202. The number of hydrogen-bond acceptors (Lipinski definition) is 9. The summed E-state index contributed by atoms with van der Waals surface area (Å²) in [5, 5.41) is 20.3. The highest BCUT2D eigenvalue weighted by molar-refractivity contribution is 5.70. The van der Waals surface area contributed by atoms with Gasteiger partial charge in [-0.05, 0) is 114 Å². The lowest BCUT2D eigenvalue weighted by atomic mass is 9.47. The van der Waals surface area contributed by atoms with Crippen LogP contribution in [0.4, 0.5) is 24.9 Å². The van der Waals surface area contributed by atoms with E-state index < -0.39 is 12.0 Å². The molecule has 5 fully saturated rings. The van der Waals surface area contributed by atoms with Gasteiger partial charge in [0.25, 0.3) is 0 Å². The monoisotopic (exact) mass is 668 g/mol. The Morgan fingerprint density at radius 2 is 1.75 bits per heavy atom. The molecule has 3 unspecified atom stereocenters. The third-order valence-electron chi connectivity index (χ3n) is 10.7. The number of alkyl halides is 3. The summed E-state index contributed by atoms with van der Waals surface area (Å²) >= 11 is 0. The van der Waals surface area contributed by atoms with E-state index in [1.807, 2.05) is 20.8 Å². The van der Waals surface area contributed by atoms with Crippen LogP contribution in [0.15, 0.2) is 30.5 Å². The molecule has 9 nitrogen and oxygen atoms in total. The Bertz CT molecular complexity index is 1480. The summed E-state index contributed by atoms with van der Waals surface area (Å²) in [5.41, 5.74) is 0.332. The van der Waals surface area contributed by atoms with Gasteiger partial charge in [-0.2, -0.15) is 10.2 Å². The molecule has 0 spiro atoms. The van der Waals surface area contributed by atoms with Gasteiger partial charge in [0, 0.05) is 37.2 Å². The van der Waals surface area contributed by atoms with Crippen molar-refractivity contribution >= 4 is 17.7 Å². The second-order valence-electron chi connectivity index (χ2n) is 15.6. The first-order chi connectivity index (χ1) is 22.8. The van der Waals surface area contributed by atoms with Crippen molar-refractivity contribution in [3.8, 4) is 11.8 Å². The molecule has 2 aromatic rings. The summed E-state index contributed by atoms with van der Waals surface area (Å²) in [6.07, 6.45) is 7.42. The summed E-state index contributed by atoms with van der Waals surface area (Å²) in [4.78, 5) is 21.1. The van der Waals surface area contributed by atoms with Crippen LogP contribution in [0, 0.1) is 40.4 Å². The van der Waals surface area contributed by atoms with E-state index in [1.54, 1.807) is 12.1 Å². The predicted octanol–water partition coefficient (Wildman–Crippen LogP) is 7.35. The van der Waals surface area contributed by atoms with Gasteiger partial charge in [-0.25, -0.2) is 4.98 Å². The normalized spacial score (nSPS) is 29.6. The highest BCUT2D eigenvalue weighted by Gasteiger charge is 2.55. The van der Waals surface area contributed by atoms with Crippen LogP contribution in [0.25, 0.3) is 0 Å². The molecule has 0 saturated heterocycles. The fourth-order valence-electron chi connectivity index (χ4n) is 9.11. The average Bonchev–Trinajstić information content (AvgIpc) is 3.00. The van der Waals surface area contributed by atoms with E-state index in [-0.39, 0.29) is 29.6 Å². The molecular formula is C36H47F3N6O3. The van der Waals surface area contributed by atoms with Crippen LogP contribution < -0.4 is 20.7 Å². The summed E-state index contributed by atoms with van der Waals surface area (Å²) in [6, 6.07) is 9.12. The molecule has 1 aromatic carbocycles. The number of halogens is 3. The number of carbonyl (C=O) groups excluding carboxylic acids is 1. The van der Waals surface area contributed by atoms with Crippen LogP contribution in [-0.2, 0) is 16.1 Å². The van der Waals surface area contributed by atoms with Crippen molar-refractivity contribution < 1.29 is 27.4 Å². The molecule has 4 bridgehead atoms. The number of benzene rings is 1. The number of aromatic nitrogens is 2. The SMILES string of the molecule is CC(C)(C)OC(=O)CC1CCC(NC2[C@@H]3CC4C[C@H]2CC(CNc2nc(NCc5ccccc5OC(F)(F)F)ncc2C#N)(C4)C3)CC1. The van der Waals surface area contributed by atoms with Gasteiger partial charge in [0.2, 0.25) is 5.95 Å². The van der Waals surface area contributed by atoms with Gasteiger partial charge in [-0.3, -0.25) is 4.79 Å². The first-order valence-electron chi connectivity index (χ1n) is 17.3. The number of ether oxygens (including phenoxy) is 2. The van der Waals surface area contributed by atoms with E-state index in [0.29, 0.717) is 65.7 Å². The molecule has 1 aromatic heterocycles. The second kappa shape index (κ2) is 13.7. The van der Waals surface area contributed by atoms with Gasteiger partial charge < -0.3 is 25.4 Å². The lowest BCUT2D eigenvalue weighted by molar-refractivity contribution is -0.274. The van der Waals surface area contributed by atoms with Crippen molar-refractivity contribution in [1.82, 2.24) is 15.3 Å². The molecule has 260 valence electrons. The van der Waals surface area contributed by atoms with E-state index in [9.17, 15) is 23.2 Å². The van der Waals surface area contributed by atoms with Crippen molar-refractivity contribution in [3.63, 3.8) is 0 Å². The number of anilines is 2. The molecule has 3 N–H and O–H groups in total. The fraction of sp³-hybridized carbons (Fsp3) is 0.667. The zero-order valence-electron chi connectivity index (χ0n) is 28.0. The summed E-state index contributed by atoms with van der Waals surface area (Å²) < 4.78 is 48.3. The molecule has 5 aliphatic carbocycles. The quantitative estimate of drug-likeness (QED) is 0.211. The highest BCUT2D eigenvalue weighted by Crippen LogP contribution is 2.60. The molecule has 0 amide bonds. The largest absolute Gasteiger partial charge is 0.573 e. The Labute approximate surface area is 280 Å². The smallest absolute Gasteiger partial charge is 0.460 e. The summed E-state index contributed by atoms with van der Waals surface area (Å²) in [7, 11) is 0. The Balaban J connectivity index is 1.03. The first-order valence-corrected chi connectivity index (χ1v) is 17.3. The van der Waals surface area contributed by atoms with Crippen LogP contribution in [0.2, 0.25) is 0 Å². The topological polar surface area (TPSA) is 121 Å². The maximum absolute atomic E-state index is 12.9. The second-order valence-corrected chi connectivity index (χ2v) is 15.6. The van der Waals surface area contributed by atoms with Crippen molar-refractivity contribution in [1.29, 1.82) is 5.26 Å². The van der Waals surface area contributed by atoms with E-state index >= 15 is 0 Å². The predicted molar refractivity (Wildman–Crippen MR) is 175 cm³/mol. The van der Waals surface area contributed by atoms with Gasteiger partial charge in [-0.15, -0.1) is 13.2 Å². The Morgan fingerprint density at radius 1 is 1.04 bits per heavy atom. The van der Waals surface area contributed by atoms with Gasteiger partial charge in [0.15, 0.2) is 0 Å². The molecule has 12 heteroatoms. The molecule has 0 aliphatic heterocycles. The van der Waals surface area contributed by atoms with Crippen molar-refractivity contribution in [2.75, 3.05) is 17.2 Å². The number of rotatable bonds is 11.